The maximum Gasteiger partial charge on any atom is 0.416 e. The molecule has 0 aliphatic heterocycles. The van der Waals surface area contributed by atoms with Gasteiger partial charge in [-0.2, -0.15) is 13.2 Å². The average molecular weight is 283 g/mol. The van der Waals surface area contributed by atoms with E-state index >= 15 is 0 Å². The highest BCUT2D eigenvalue weighted by Crippen LogP contribution is 2.32. The van der Waals surface area contributed by atoms with Crippen molar-refractivity contribution in [3.8, 4) is 0 Å². The zero-order valence-corrected chi connectivity index (χ0v) is 8.58. The maximum atomic E-state index is 13.2. The van der Waals surface area contributed by atoms with Crippen LogP contribution in [0.1, 0.15) is 5.56 Å². The van der Waals surface area contributed by atoms with E-state index in [1.54, 1.807) is 0 Å². The van der Waals surface area contributed by atoms with Crippen LogP contribution in [0, 0.1) is 5.82 Å². The van der Waals surface area contributed by atoms with Crippen molar-refractivity contribution in [1.29, 1.82) is 0 Å². The topological polar surface area (TPSA) is 28.7 Å². The van der Waals surface area contributed by atoms with Gasteiger partial charge in [0.2, 0.25) is 0 Å². The van der Waals surface area contributed by atoms with Gasteiger partial charge in [0.15, 0.2) is 10.6 Å². The number of imidazole rings is 1. The summed E-state index contributed by atoms with van der Waals surface area (Å²) >= 11 is 2.92. The monoisotopic (exact) mass is 282 g/mol. The minimum absolute atomic E-state index is 0.00852. The number of H-pyrrole nitrogens is 1. The van der Waals surface area contributed by atoms with Crippen molar-refractivity contribution in [1.82, 2.24) is 9.97 Å². The Hall–Kier alpha value is -1.11. The Morgan fingerprint density at radius 3 is 2.53 bits per heavy atom. The molecule has 1 N–H and O–H groups in total. The van der Waals surface area contributed by atoms with E-state index < -0.39 is 17.6 Å². The Bertz CT molecular complexity index is 517. The van der Waals surface area contributed by atoms with Crippen LogP contribution in [0.15, 0.2) is 16.9 Å². The van der Waals surface area contributed by atoms with Crippen molar-refractivity contribution < 1.29 is 17.6 Å². The van der Waals surface area contributed by atoms with E-state index in [9.17, 15) is 17.6 Å². The number of nitrogens with one attached hydrogen (secondary N) is 1. The second-order valence-electron chi connectivity index (χ2n) is 2.88. The highest BCUT2D eigenvalue weighted by atomic mass is 79.9. The fourth-order valence-electron chi connectivity index (χ4n) is 1.21. The van der Waals surface area contributed by atoms with Crippen molar-refractivity contribution in [2.75, 3.05) is 0 Å². The van der Waals surface area contributed by atoms with Gasteiger partial charge in [-0.05, 0) is 28.1 Å². The Labute approximate surface area is 89.4 Å². The first kappa shape index (κ1) is 10.4. The van der Waals surface area contributed by atoms with Gasteiger partial charge in [0.05, 0.1) is 11.1 Å². The standard InChI is InChI=1S/C8H3BrF4N2/c9-7-14-5-2-3(8(11,12)13)1-4(10)6(5)15-7/h1-2H,(H,14,15). The van der Waals surface area contributed by atoms with Gasteiger partial charge in [0.1, 0.15) is 5.52 Å². The van der Waals surface area contributed by atoms with Crippen molar-refractivity contribution in [3.05, 3.63) is 28.2 Å². The lowest BCUT2D eigenvalue weighted by Gasteiger charge is -2.05. The molecule has 0 saturated heterocycles. The summed E-state index contributed by atoms with van der Waals surface area (Å²) in [7, 11) is 0. The summed E-state index contributed by atoms with van der Waals surface area (Å²) in [6, 6.07) is 1.24. The van der Waals surface area contributed by atoms with E-state index in [-0.39, 0.29) is 15.8 Å². The molecule has 0 aliphatic carbocycles. The second kappa shape index (κ2) is 3.19. The fraction of sp³-hybridized carbons (Fsp3) is 0.125. The minimum Gasteiger partial charge on any atom is -0.332 e. The Kier molecular flexibility index (Phi) is 2.22. The van der Waals surface area contributed by atoms with Crippen molar-refractivity contribution in [3.63, 3.8) is 0 Å². The first-order valence-corrected chi connectivity index (χ1v) is 4.59. The number of benzene rings is 1. The van der Waals surface area contributed by atoms with E-state index in [0.717, 1.165) is 6.07 Å². The number of hydrogen-bond donors (Lipinski definition) is 1. The molecule has 1 aromatic carbocycles. The molecule has 1 aromatic heterocycles. The van der Waals surface area contributed by atoms with Crippen LogP contribution in [0.4, 0.5) is 17.6 Å². The summed E-state index contributed by atoms with van der Waals surface area (Å²) in [4.78, 5) is 6.13. The molecule has 2 rings (SSSR count). The molecule has 2 nitrogen and oxygen atoms in total. The molecule has 0 amide bonds. The van der Waals surface area contributed by atoms with E-state index in [0.29, 0.717) is 6.07 Å². The average Bonchev–Trinajstić information content (AvgIpc) is 2.44. The minimum atomic E-state index is -4.56. The molecule has 0 radical (unpaired) electrons. The first-order valence-electron chi connectivity index (χ1n) is 3.80. The largest absolute Gasteiger partial charge is 0.416 e. The quantitative estimate of drug-likeness (QED) is 0.737. The third-order valence-electron chi connectivity index (χ3n) is 1.84. The predicted octanol–water partition coefficient (Wildman–Crippen LogP) is 3.48. The summed E-state index contributed by atoms with van der Waals surface area (Å²) in [5.74, 6) is -0.998. The summed E-state index contributed by atoms with van der Waals surface area (Å²) in [5, 5.41) is 0. The molecule has 0 unspecified atom stereocenters. The molecule has 0 atom stereocenters. The lowest BCUT2D eigenvalue weighted by molar-refractivity contribution is -0.137. The number of rotatable bonds is 0. The maximum absolute atomic E-state index is 13.2. The van der Waals surface area contributed by atoms with E-state index in [1.165, 1.54) is 0 Å². The van der Waals surface area contributed by atoms with Gasteiger partial charge in [-0.1, -0.05) is 0 Å². The number of alkyl halides is 3. The van der Waals surface area contributed by atoms with Crippen molar-refractivity contribution in [2.24, 2.45) is 0 Å². The molecule has 7 heteroatoms. The number of aromatic amines is 1. The molecule has 0 bridgehead atoms. The highest BCUT2D eigenvalue weighted by molar-refractivity contribution is 9.10. The van der Waals surface area contributed by atoms with Gasteiger partial charge in [0, 0.05) is 0 Å². The van der Waals surface area contributed by atoms with E-state index in [1.807, 2.05) is 0 Å². The molecule has 0 aliphatic rings. The molecular formula is C8H3BrF4N2. The second-order valence-corrected chi connectivity index (χ2v) is 3.63. The van der Waals surface area contributed by atoms with Crippen molar-refractivity contribution in [2.45, 2.75) is 6.18 Å². The zero-order valence-electron chi connectivity index (χ0n) is 6.99. The summed E-state index contributed by atoms with van der Waals surface area (Å²) in [6.45, 7) is 0. The molecule has 1 heterocycles. The molecule has 15 heavy (non-hydrogen) atoms. The Balaban J connectivity index is 2.72. The van der Waals surface area contributed by atoms with Gasteiger partial charge in [-0.15, -0.1) is 0 Å². The smallest absolute Gasteiger partial charge is 0.332 e. The number of hydrogen-bond acceptors (Lipinski definition) is 1. The van der Waals surface area contributed by atoms with Crippen LogP contribution >= 0.6 is 15.9 Å². The first-order chi connectivity index (χ1) is 6.88. The van der Waals surface area contributed by atoms with Crippen LogP contribution in [0.25, 0.3) is 11.0 Å². The Morgan fingerprint density at radius 1 is 1.27 bits per heavy atom. The Morgan fingerprint density at radius 2 is 1.93 bits per heavy atom. The lowest BCUT2D eigenvalue weighted by atomic mass is 10.2. The predicted molar refractivity (Wildman–Crippen MR) is 48.8 cm³/mol. The van der Waals surface area contributed by atoms with Gasteiger partial charge in [-0.3, -0.25) is 0 Å². The summed E-state index contributed by atoms with van der Waals surface area (Å²) < 4.78 is 50.2. The van der Waals surface area contributed by atoms with E-state index in [2.05, 4.69) is 25.9 Å². The molecule has 80 valence electrons. The normalized spacial score (nSPS) is 12.3. The molecule has 0 saturated carbocycles. The van der Waals surface area contributed by atoms with Gasteiger partial charge in [-0.25, -0.2) is 9.37 Å². The van der Waals surface area contributed by atoms with Crippen LogP contribution in [-0.2, 0) is 6.18 Å². The molecule has 0 spiro atoms. The SMILES string of the molecule is Fc1cc(C(F)(F)F)cc2[nH]c(Br)nc12. The molecule has 2 aromatic rings. The van der Waals surface area contributed by atoms with Gasteiger partial charge in [0.25, 0.3) is 0 Å². The third-order valence-corrected chi connectivity index (χ3v) is 2.21. The lowest BCUT2D eigenvalue weighted by Crippen LogP contribution is -2.05. The fourth-order valence-corrected chi connectivity index (χ4v) is 1.60. The van der Waals surface area contributed by atoms with Gasteiger partial charge >= 0.3 is 6.18 Å². The third kappa shape index (κ3) is 1.83. The molecule has 0 fully saturated rings. The number of aromatic nitrogens is 2. The van der Waals surface area contributed by atoms with E-state index in [4.69, 9.17) is 0 Å². The van der Waals surface area contributed by atoms with Crippen LogP contribution in [0.2, 0.25) is 0 Å². The van der Waals surface area contributed by atoms with Crippen LogP contribution < -0.4 is 0 Å². The molecular weight excluding hydrogens is 280 g/mol. The highest BCUT2D eigenvalue weighted by Gasteiger charge is 2.32. The van der Waals surface area contributed by atoms with Gasteiger partial charge < -0.3 is 4.98 Å². The van der Waals surface area contributed by atoms with Crippen molar-refractivity contribution >= 4 is 27.0 Å². The summed E-state index contributed by atoms with van der Waals surface area (Å²) in [6.07, 6.45) is -4.56. The number of nitrogens with zero attached hydrogens (tertiary/aromatic N) is 1. The zero-order chi connectivity index (χ0) is 11.2. The van der Waals surface area contributed by atoms with Crippen LogP contribution in [0.5, 0.6) is 0 Å². The summed E-state index contributed by atoms with van der Waals surface area (Å²) in [5.41, 5.74) is -1.15. The number of fused-ring (bicyclic) bond motifs is 1. The van der Waals surface area contributed by atoms with Crippen LogP contribution in [0.3, 0.4) is 0 Å². The van der Waals surface area contributed by atoms with Crippen LogP contribution in [-0.4, -0.2) is 9.97 Å². The number of halogens is 5.